The second-order valence-corrected chi connectivity index (χ2v) is 4.03. The summed E-state index contributed by atoms with van der Waals surface area (Å²) in [6.45, 7) is 0. The Hall–Kier alpha value is -1.26. The van der Waals surface area contributed by atoms with Gasteiger partial charge in [0.1, 0.15) is 28.3 Å². The molecule has 17 heavy (non-hydrogen) atoms. The van der Waals surface area contributed by atoms with Crippen LogP contribution in [0, 0.1) is 11.6 Å². The van der Waals surface area contributed by atoms with Crippen molar-refractivity contribution >= 4 is 23.2 Å². The highest BCUT2D eigenvalue weighted by Gasteiger charge is 2.14. The Morgan fingerprint density at radius 3 is 2.00 bits per heavy atom. The molecule has 0 aliphatic rings. The van der Waals surface area contributed by atoms with Gasteiger partial charge >= 0.3 is 0 Å². The van der Waals surface area contributed by atoms with E-state index in [-0.39, 0.29) is 22.3 Å². The van der Waals surface area contributed by atoms with E-state index in [0.717, 1.165) is 0 Å². The zero-order valence-corrected chi connectivity index (χ0v) is 9.93. The van der Waals surface area contributed by atoms with Crippen molar-refractivity contribution in [2.45, 2.75) is 6.42 Å². The molecule has 2 nitrogen and oxygen atoms in total. The monoisotopic (exact) mass is 274 g/mol. The molecule has 0 bridgehead atoms. The molecule has 0 atom stereocenters. The highest BCUT2D eigenvalue weighted by molar-refractivity contribution is 6.34. The molecular formula is C11H6Cl2F2N2. The molecule has 0 aliphatic heterocycles. The van der Waals surface area contributed by atoms with E-state index in [1.807, 2.05) is 0 Å². The molecule has 0 saturated heterocycles. The molecule has 88 valence electrons. The van der Waals surface area contributed by atoms with Crippen LogP contribution in [0.3, 0.4) is 0 Å². The van der Waals surface area contributed by atoms with Crippen LogP contribution in [0.4, 0.5) is 8.78 Å². The Balaban J connectivity index is 2.45. The lowest BCUT2D eigenvalue weighted by molar-refractivity contribution is 0.561. The molecule has 0 amide bonds. The van der Waals surface area contributed by atoms with Crippen molar-refractivity contribution in [1.82, 2.24) is 9.97 Å². The maximum atomic E-state index is 13.4. The average molecular weight is 275 g/mol. The standard InChI is InChI=1S/C11H6Cl2F2N2/c12-10-7(11(13)17-5-16-10)4-6-8(14)2-1-3-9(6)15/h1-3,5H,4H2. The zero-order chi connectivity index (χ0) is 12.4. The number of halogens is 4. The summed E-state index contributed by atoms with van der Waals surface area (Å²) in [5, 5.41) is 0.181. The van der Waals surface area contributed by atoms with E-state index in [4.69, 9.17) is 23.2 Å². The lowest BCUT2D eigenvalue weighted by Crippen LogP contribution is -2.00. The van der Waals surface area contributed by atoms with Crippen LogP contribution >= 0.6 is 23.2 Å². The Morgan fingerprint density at radius 2 is 1.47 bits per heavy atom. The zero-order valence-electron chi connectivity index (χ0n) is 8.42. The van der Waals surface area contributed by atoms with Crippen molar-refractivity contribution in [2.24, 2.45) is 0 Å². The van der Waals surface area contributed by atoms with Gasteiger partial charge in [0.2, 0.25) is 0 Å². The minimum absolute atomic E-state index is 0.0863. The minimum Gasteiger partial charge on any atom is -0.224 e. The minimum atomic E-state index is -0.652. The number of hydrogen-bond acceptors (Lipinski definition) is 2. The number of nitrogens with zero attached hydrogens (tertiary/aromatic N) is 2. The van der Waals surface area contributed by atoms with Gasteiger partial charge in [-0.1, -0.05) is 29.3 Å². The van der Waals surface area contributed by atoms with Gasteiger partial charge in [0, 0.05) is 17.5 Å². The lowest BCUT2D eigenvalue weighted by atomic mass is 10.1. The molecule has 2 aromatic rings. The van der Waals surface area contributed by atoms with Crippen LogP contribution in [-0.4, -0.2) is 9.97 Å². The van der Waals surface area contributed by atoms with E-state index in [2.05, 4.69) is 9.97 Å². The fourth-order valence-electron chi connectivity index (χ4n) is 1.40. The summed E-state index contributed by atoms with van der Waals surface area (Å²) in [7, 11) is 0. The summed E-state index contributed by atoms with van der Waals surface area (Å²) in [5.41, 5.74) is 0.200. The van der Waals surface area contributed by atoms with Crippen LogP contribution in [0.2, 0.25) is 10.3 Å². The molecule has 6 heteroatoms. The van der Waals surface area contributed by atoms with Gasteiger partial charge in [-0.25, -0.2) is 18.7 Å². The predicted octanol–water partition coefficient (Wildman–Crippen LogP) is 3.65. The van der Waals surface area contributed by atoms with Crippen molar-refractivity contribution in [3.63, 3.8) is 0 Å². The summed E-state index contributed by atoms with van der Waals surface area (Å²) in [6, 6.07) is 3.63. The fraction of sp³-hybridized carbons (Fsp3) is 0.0909. The number of aromatic nitrogens is 2. The quantitative estimate of drug-likeness (QED) is 0.782. The molecule has 2 rings (SSSR count). The van der Waals surface area contributed by atoms with E-state index in [9.17, 15) is 8.78 Å². The molecule has 0 fully saturated rings. The van der Waals surface area contributed by atoms with Crippen LogP contribution in [0.25, 0.3) is 0 Å². The van der Waals surface area contributed by atoms with Gasteiger partial charge in [-0.15, -0.1) is 0 Å². The Labute approximate surface area is 106 Å². The molecule has 0 aliphatic carbocycles. The van der Waals surface area contributed by atoms with Crippen LogP contribution in [0.1, 0.15) is 11.1 Å². The van der Waals surface area contributed by atoms with Crippen molar-refractivity contribution in [1.29, 1.82) is 0 Å². The molecule has 1 aromatic carbocycles. The summed E-state index contributed by atoms with van der Waals surface area (Å²) in [4.78, 5) is 7.44. The van der Waals surface area contributed by atoms with Gasteiger partial charge in [-0.2, -0.15) is 0 Å². The molecule has 0 saturated carbocycles. The SMILES string of the molecule is Fc1cccc(F)c1Cc1c(Cl)ncnc1Cl. The summed E-state index contributed by atoms with van der Waals surface area (Å²) < 4.78 is 26.9. The van der Waals surface area contributed by atoms with Crippen LogP contribution < -0.4 is 0 Å². The molecule has 1 heterocycles. The predicted molar refractivity (Wildman–Crippen MR) is 61.2 cm³/mol. The van der Waals surface area contributed by atoms with Gasteiger partial charge in [-0.3, -0.25) is 0 Å². The lowest BCUT2D eigenvalue weighted by Gasteiger charge is -2.07. The van der Waals surface area contributed by atoms with Crippen LogP contribution in [0.5, 0.6) is 0 Å². The Bertz CT molecular complexity index is 471. The van der Waals surface area contributed by atoms with E-state index < -0.39 is 11.6 Å². The van der Waals surface area contributed by atoms with Gasteiger partial charge < -0.3 is 0 Å². The maximum absolute atomic E-state index is 13.4. The normalized spacial score (nSPS) is 10.6. The molecule has 0 unspecified atom stereocenters. The third kappa shape index (κ3) is 2.53. The van der Waals surface area contributed by atoms with Crippen molar-refractivity contribution < 1.29 is 8.78 Å². The Morgan fingerprint density at radius 1 is 0.941 bits per heavy atom. The summed E-state index contributed by atoms with van der Waals surface area (Å²) in [5.74, 6) is -1.30. The smallest absolute Gasteiger partial charge is 0.137 e. The maximum Gasteiger partial charge on any atom is 0.137 e. The molecule has 0 N–H and O–H groups in total. The molecular weight excluding hydrogens is 269 g/mol. The fourth-order valence-corrected chi connectivity index (χ4v) is 1.84. The number of rotatable bonds is 2. The summed E-state index contributed by atoms with van der Waals surface area (Å²) >= 11 is 11.6. The largest absolute Gasteiger partial charge is 0.224 e. The van der Waals surface area contributed by atoms with Crippen molar-refractivity contribution in [3.05, 3.63) is 57.6 Å². The molecule has 0 radical (unpaired) electrons. The first-order valence-corrected chi connectivity index (χ1v) is 5.43. The Kier molecular flexibility index (Phi) is 3.54. The second kappa shape index (κ2) is 4.94. The van der Waals surface area contributed by atoms with Gasteiger partial charge in [0.15, 0.2) is 0 Å². The van der Waals surface area contributed by atoms with E-state index in [1.165, 1.54) is 24.5 Å². The van der Waals surface area contributed by atoms with Gasteiger partial charge in [-0.05, 0) is 12.1 Å². The van der Waals surface area contributed by atoms with Gasteiger partial charge in [0.05, 0.1) is 0 Å². The van der Waals surface area contributed by atoms with E-state index in [0.29, 0.717) is 5.56 Å². The highest BCUT2D eigenvalue weighted by atomic mass is 35.5. The third-order valence-electron chi connectivity index (χ3n) is 2.26. The highest BCUT2D eigenvalue weighted by Crippen LogP contribution is 2.25. The van der Waals surface area contributed by atoms with Gasteiger partial charge in [0.25, 0.3) is 0 Å². The average Bonchev–Trinajstić information content (AvgIpc) is 2.27. The first-order valence-electron chi connectivity index (χ1n) is 4.67. The molecule has 0 spiro atoms. The van der Waals surface area contributed by atoms with Crippen LogP contribution in [-0.2, 0) is 6.42 Å². The van der Waals surface area contributed by atoms with Crippen molar-refractivity contribution in [3.8, 4) is 0 Å². The first-order chi connectivity index (χ1) is 8.09. The van der Waals surface area contributed by atoms with E-state index >= 15 is 0 Å². The number of benzene rings is 1. The second-order valence-electron chi connectivity index (χ2n) is 3.31. The van der Waals surface area contributed by atoms with E-state index in [1.54, 1.807) is 0 Å². The van der Waals surface area contributed by atoms with Crippen LogP contribution in [0.15, 0.2) is 24.5 Å². The third-order valence-corrected chi connectivity index (χ3v) is 2.91. The summed E-state index contributed by atoms with van der Waals surface area (Å²) in [6.07, 6.45) is 1.10. The molecule has 1 aromatic heterocycles. The topological polar surface area (TPSA) is 25.8 Å². The van der Waals surface area contributed by atoms with Crippen molar-refractivity contribution in [2.75, 3.05) is 0 Å². The number of hydrogen-bond donors (Lipinski definition) is 0. The first kappa shape index (κ1) is 12.2.